The van der Waals surface area contributed by atoms with Crippen LogP contribution in [-0.2, 0) is 6.42 Å². The molecule has 2 aromatic rings. The van der Waals surface area contributed by atoms with Crippen molar-refractivity contribution in [1.82, 2.24) is 4.98 Å². The van der Waals surface area contributed by atoms with Gasteiger partial charge in [-0.15, -0.1) is 11.3 Å². The summed E-state index contributed by atoms with van der Waals surface area (Å²) in [5, 5.41) is 1.84. The van der Waals surface area contributed by atoms with Crippen molar-refractivity contribution in [2.75, 3.05) is 0 Å². The van der Waals surface area contributed by atoms with E-state index in [0.29, 0.717) is 0 Å². The molecule has 0 saturated heterocycles. The highest BCUT2D eigenvalue weighted by Gasteiger charge is 2.22. The second kappa shape index (κ2) is 4.56. The third kappa shape index (κ3) is 2.97. The summed E-state index contributed by atoms with van der Waals surface area (Å²) in [6.07, 6.45) is 0.820. The number of nitrogens with two attached hydrogens (primary N) is 1. The van der Waals surface area contributed by atoms with Crippen molar-refractivity contribution in [3.63, 3.8) is 0 Å². The zero-order valence-electron chi connectivity index (χ0n) is 10.3. The van der Waals surface area contributed by atoms with Crippen LogP contribution in [0, 0.1) is 5.41 Å². The summed E-state index contributed by atoms with van der Waals surface area (Å²) in [7, 11) is 0. The normalized spacial score (nSPS) is 14.2. The summed E-state index contributed by atoms with van der Waals surface area (Å²) in [4.78, 5) is 4.59. The van der Waals surface area contributed by atoms with Crippen LogP contribution >= 0.6 is 22.9 Å². The number of hydrogen-bond acceptors (Lipinski definition) is 3. The molecule has 2 N–H and O–H groups in total. The molecule has 1 heterocycles. The summed E-state index contributed by atoms with van der Waals surface area (Å²) in [6.45, 7) is 6.46. The van der Waals surface area contributed by atoms with Gasteiger partial charge in [0.1, 0.15) is 0 Å². The molecule has 0 aliphatic heterocycles. The maximum absolute atomic E-state index is 6.18. The molecule has 4 heteroatoms. The number of benzene rings is 1. The molecule has 2 nitrogen and oxygen atoms in total. The van der Waals surface area contributed by atoms with Crippen molar-refractivity contribution in [3.05, 3.63) is 28.2 Å². The average Bonchev–Trinajstić information content (AvgIpc) is 2.57. The molecular weight excluding hydrogens is 252 g/mol. The molecule has 0 aliphatic rings. The van der Waals surface area contributed by atoms with Crippen molar-refractivity contribution in [3.8, 4) is 0 Å². The van der Waals surface area contributed by atoms with Gasteiger partial charge in [0.2, 0.25) is 0 Å². The molecule has 1 unspecified atom stereocenters. The highest BCUT2D eigenvalue weighted by molar-refractivity contribution is 7.18. The van der Waals surface area contributed by atoms with Crippen molar-refractivity contribution in [2.24, 2.45) is 11.1 Å². The Hall–Kier alpha value is -0.640. The topological polar surface area (TPSA) is 38.9 Å². The molecular formula is C13H17ClN2S. The summed E-state index contributed by atoms with van der Waals surface area (Å²) in [6, 6.07) is 5.91. The van der Waals surface area contributed by atoms with Crippen LogP contribution in [0.1, 0.15) is 25.8 Å². The second-order valence-electron chi connectivity index (χ2n) is 5.40. The van der Waals surface area contributed by atoms with Gasteiger partial charge in [-0.1, -0.05) is 32.4 Å². The molecule has 0 spiro atoms. The molecule has 2 rings (SSSR count). The van der Waals surface area contributed by atoms with Gasteiger partial charge in [-0.25, -0.2) is 4.98 Å². The van der Waals surface area contributed by atoms with Crippen molar-refractivity contribution in [1.29, 1.82) is 0 Å². The first kappa shape index (κ1) is 12.8. The monoisotopic (exact) mass is 268 g/mol. The van der Waals surface area contributed by atoms with Crippen molar-refractivity contribution >= 4 is 33.2 Å². The first-order valence-electron chi connectivity index (χ1n) is 5.67. The van der Waals surface area contributed by atoms with Gasteiger partial charge in [-0.05, 0) is 23.6 Å². The Morgan fingerprint density at radius 2 is 2.12 bits per heavy atom. The number of nitrogens with zero attached hydrogens (tertiary/aromatic N) is 1. The molecule has 0 bridgehead atoms. The Morgan fingerprint density at radius 3 is 2.76 bits per heavy atom. The van der Waals surface area contributed by atoms with Gasteiger partial charge < -0.3 is 5.73 Å². The van der Waals surface area contributed by atoms with E-state index < -0.39 is 0 Å². The molecule has 1 atom stereocenters. The fraction of sp³-hybridized carbons (Fsp3) is 0.462. The smallest absolute Gasteiger partial charge is 0.0954 e. The first-order chi connectivity index (χ1) is 7.86. The van der Waals surface area contributed by atoms with E-state index in [1.807, 2.05) is 18.2 Å². The molecule has 0 amide bonds. The number of halogens is 1. The van der Waals surface area contributed by atoms with E-state index >= 15 is 0 Å². The zero-order valence-corrected chi connectivity index (χ0v) is 11.9. The van der Waals surface area contributed by atoms with Crippen LogP contribution in [0.25, 0.3) is 10.2 Å². The van der Waals surface area contributed by atoms with Crippen molar-refractivity contribution < 1.29 is 0 Å². The zero-order chi connectivity index (χ0) is 12.6. The third-order valence-electron chi connectivity index (χ3n) is 2.90. The van der Waals surface area contributed by atoms with Gasteiger partial charge in [0.05, 0.1) is 15.2 Å². The summed E-state index contributed by atoms with van der Waals surface area (Å²) in [5.41, 5.74) is 7.29. The maximum atomic E-state index is 6.18. The van der Waals surface area contributed by atoms with Crippen molar-refractivity contribution in [2.45, 2.75) is 33.2 Å². The summed E-state index contributed by atoms with van der Waals surface area (Å²) in [5.74, 6) is 0. The van der Waals surface area contributed by atoms with Crippen LogP contribution in [-0.4, -0.2) is 11.0 Å². The SMILES string of the molecule is CC(C)(C)C(N)Cc1nc2ccc(Cl)cc2s1. The lowest BCUT2D eigenvalue weighted by molar-refractivity contribution is 0.318. The number of fused-ring (bicyclic) bond motifs is 1. The largest absolute Gasteiger partial charge is 0.327 e. The summed E-state index contributed by atoms with van der Waals surface area (Å²) >= 11 is 7.64. The van der Waals surface area contributed by atoms with E-state index in [0.717, 1.165) is 26.7 Å². The van der Waals surface area contributed by atoms with Crippen LogP contribution in [0.5, 0.6) is 0 Å². The predicted molar refractivity (Wildman–Crippen MR) is 75.8 cm³/mol. The molecule has 0 saturated carbocycles. The first-order valence-corrected chi connectivity index (χ1v) is 6.86. The minimum atomic E-state index is 0.107. The second-order valence-corrected chi connectivity index (χ2v) is 6.95. The highest BCUT2D eigenvalue weighted by atomic mass is 35.5. The Balaban J connectivity index is 2.25. The fourth-order valence-corrected chi connectivity index (χ4v) is 2.83. The lowest BCUT2D eigenvalue weighted by Gasteiger charge is -2.26. The van der Waals surface area contributed by atoms with Gasteiger partial charge >= 0.3 is 0 Å². The Labute approximate surface area is 111 Å². The fourth-order valence-electron chi connectivity index (χ4n) is 1.53. The lowest BCUT2D eigenvalue weighted by Crippen LogP contribution is -2.36. The standard InChI is InChI=1S/C13H17ClN2S/c1-13(2,3)11(15)7-12-16-9-5-4-8(14)6-10(9)17-12/h4-6,11H,7,15H2,1-3H3. The van der Waals surface area contributed by atoms with Gasteiger partial charge in [0, 0.05) is 17.5 Å². The van der Waals surface area contributed by atoms with Crippen LogP contribution in [0.4, 0.5) is 0 Å². The quantitative estimate of drug-likeness (QED) is 0.898. The van der Waals surface area contributed by atoms with Crippen LogP contribution in [0.2, 0.25) is 5.02 Å². The molecule has 92 valence electrons. The number of aromatic nitrogens is 1. The summed E-state index contributed by atoms with van der Waals surface area (Å²) < 4.78 is 1.13. The number of thiazole rings is 1. The highest BCUT2D eigenvalue weighted by Crippen LogP contribution is 2.28. The van der Waals surface area contributed by atoms with Gasteiger partial charge in [-0.2, -0.15) is 0 Å². The maximum Gasteiger partial charge on any atom is 0.0954 e. The van der Waals surface area contributed by atoms with Crippen LogP contribution < -0.4 is 5.73 Å². The molecule has 1 aromatic carbocycles. The Bertz CT molecular complexity index is 528. The van der Waals surface area contributed by atoms with Crippen LogP contribution in [0.3, 0.4) is 0 Å². The lowest BCUT2D eigenvalue weighted by atomic mass is 9.86. The molecule has 0 aliphatic carbocycles. The molecule has 17 heavy (non-hydrogen) atoms. The Morgan fingerprint density at radius 1 is 1.41 bits per heavy atom. The predicted octanol–water partition coefficient (Wildman–Crippen LogP) is 3.87. The van der Waals surface area contributed by atoms with Gasteiger partial charge in [0.25, 0.3) is 0 Å². The third-order valence-corrected chi connectivity index (χ3v) is 4.18. The molecule has 1 aromatic heterocycles. The van der Waals surface area contributed by atoms with E-state index in [1.165, 1.54) is 0 Å². The minimum absolute atomic E-state index is 0.107. The van der Waals surface area contributed by atoms with E-state index in [1.54, 1.807) is 11.3 Å². The number of rotatable bonds is 2. The van der Waals surface area contributed by atoms with E-state index in [9.17, 15) is 0 Å². The van der Waals surface area contributed by atoms with E-state index in [4.69, 9.17) is 17.3 Å². The molecule has 0 radical (unpaired) electrons. The van der Waals surface area contributed by atoms with Gasteiger partial charge in [0.15, 0.2) is 0 Å². The van der Waals surface area contributed by atoms with Gasteiger partial charge in [-0.3, -0.25) is 0 Å². The average molecular weight is 269 g/mol. The van der Waals surface area contributed by atoms with E-state index in [-0.39, 0.29) is 11.5 Å². The minimum Gasteiger partial charge on any atom is -0.327 e. The Kier molecular flexibility index (Phi) is 3.43. The number of hydrogen-bond donors (Lipinski definition) is 1. The van der Waals surface area contributed by atoms with E-state index in [2.05, 4.69) is 25.8 Å². The van der Waals surface area contributed by atoms with Crippen LogP contribution in [0.15, 0.2) is 18.2 Å². The molecule has 0 fully saturated rings.